The van der Waals surface area contributed by atoms with E-state index in [-0.39, 0.29) is 13.2 Å². The molecule has 0 aliphatic rings. The van der Waals surface area contributed by atoms with Crippen LogP contribution in [-0.2, 0) is 9.47 Å². The Hall–Kier alpha value is -0.190. The van der Waals surface area contributed by atoms with Gasteiger partial charge in [0.2, 0.25) is 0 Å². The number of ether oxygens (including phenoxy) is 2. The monoisotopic (exact) mass is 193 g/mol. The lowest BCUT2D eigenvalue weighted by Gasteiger charge is -2.23. The fourth-order valence-electron chi connectivity index (χ4n) is 1.15. The second kappa shape index (κ2) is 7.24. The van der Waals surface area contributed by atoms with Gasteiger partial charge in [-0.25, -0.2) is 4.39 Å². The average Bonchev–Trinajstić information content (AvgIpc) is 2.12. The van der Waals surface area contributed by atoms with Gasteiger partial charge in [-0.2, -0.15) is 0 Å². The lowest BCUT2D eigenvalue weighted by molar-refractivity contribution is -0.0349. The summed E-state index contributed by atoms with van der Waals surface area (Å²) in [5.41, 5.74) is 3.94. The Morgan fingerprint density at radius 3 is 2.54 bits per heavy atom. The van der Waals surface area contributed by atoms with E-state index in [0.29, 0.717) is 26.0 Å². The minimum absolute atomic E-state index is 0.0764. The Labute approximate surface area is 79.4 Å². The van der Waals surface area contributed by atoms with Crippen molar-refractivity contribution in [1.29, 1.82) is 0 Å². The Balaban J connectivity index is 3.84. The molecule has 0 aliphatic carbocycles. The van der Waals surface area contributed by atoms with Gasteiger partial charge in [0.25, 0.3) is 0 Å². The summed E-state index contributed by atoms with van der Waals surface area (Å²) < 4.78 is 23.7. The molecule has 3 nitrogen and oxygen atoms in total. The van der Waals surface area contributed by atoms with Crippen molar-refractivity contribution in [2.45, 2.75) is 25.4 Å². The standard InChI is InChI=1S/C9H20FNO2/c1-3-13-8-9(10,7-12-2)5-4-6-11/h3-8,11H2,1-2H3. The molecule has 0 bridgehead atoms. The Morgan fingerprint density at radius 1 is 1.38 bits per heavy atom. The summed E-state index contributed by atoms with van der Waals surface area (Å²) in [5.74, 6) is 0. The molecule has 0 heterocycles. The topological polar surface area (TPSA) is 44.5 Å². The van der Waals surface area contributed by atoms with E-state index in [1.165, 1.54) is 7.11 Å². The maximum atomic E-state index is 13.9. The van der Waals surface area contributed by atoms with Crippen molar-refractivity contribution in [2.75, 3.05) is 33.5 Å². The summed E-state index contributed by atoms with van der Waals surface area (Å²) in [6.45, 7) is 3.04. The quantitative estimate of drug-likeness (QED) is 0.628. The lowest BCUT2D eigenvalue weighted by Crippen LogP contribution is -2.35. The molecular weight excluding hydrogens is 173 g/mol. The van der Waals surface area contributed by atoms with Crippen molar-refractivity contribution in [3.8, 4) is 0 Å². The Kier molecular flexibility index (Phi) is 7.13. The zero-order chi connectivity index (χ0) is 10.2. The molecule has 1 atom stereocenters. The smallest absolute Gasteiger partial charge is 0.157 e. The minimum Gasteiger partial charge on any atom is -0.381 e. The molecule has 0 saturated heterocycles. The van der Waals surface area contributed by atoms with Crippen molar-refractivity contribution >= 4 is 0 Å². The molecule has 0 saturated carbocycles. The SMILES string of the molecule is CCOCC(F)(CCCN)COC. The molecule has 0 amide bonds. The zero-order valence-corrected chi connectivity index (χ0v) is 8.51. The number of methoxy groups -OCH3 is 1. The van der Waals surface area contributed by atoms with Gasteiger partial charge in [0, 0.05) is 13.7 Å². The summed E-state index contributed by atoms with van der Waals surface area (Å²) in [6, 6.07) is 0. The summed E-state index contributed by atoms with van der Waals surface area (Å²) in [6.07, 6.45) is 1.06. The van der Waals surface area contributed by atoms with E-state index < -0.39 is 5.67 Å². The lowest BCUT2D eigenvalue weighted by atomic mass is 10.0. The van der Waals surface area contributed by atoms with Crippen LogP contribution in [0.2, 0.25) is 0 Å². The highest BCUT2D eigenvalue weighted by molar-refractivity contribution is 4.78. The molecule has 1 unspecified atom stereocenters. The third-order valence-corrected chi connectivity index (χ3v) is 1.80. The first kappa shape index (κ1) is 12.8. The minimum atomic E-state index is -1.37. The molecule has 13 heavy (non-hydrogen) atoms. The molecule has 0 rings (SSSR count). The maximum Gasteiger partial charge on any atom is 0.157 e. The van der Waals surface area contributed by atoms with Crippen LogP contribution in [0.5, 0.6) is 0 Å². The fraction of sp³-hybridized carbons (Fsp3) is 1.00. The second-order valence-corrected chi connectivity index (χ2v) is 3.11. The van der Waals surface area contributed by atoms with Gasteiger partial charge in [-0.1, -0.05) is 0 Å². The van der Waals surface area contributed by atoms with E-state index >= 15 is 0 Å². The molecule has 2 N–H and O–H groups in total. The van der Waals surface area contributed by atoms with Gasteiger partial charge >= 0.3 is 0 Å². The summed E-state index contributed by atoms with van der Waals surface area (Å²) in [5, 5.41) is 0. The zero-order valence-electron chi connectivity index (χ0n) is 8.51. The van der Waals surface area contributed by atoms with Gasteiger partial charge in [-0.05, 0) is 26.3 Å². The number of nitrogens with two attached hydrogens (primary N) is 1. The number of hydrogen-bond acceptors (Lipinski definition) is 3. The summed E-state index contributed by atoms with van der Waals surface area (Å²) >= 11 is 0. The Morgan fingerprint density at radius 2 is 2.08 bits per heavy atom. The van der Waals surface area contributed by atoms with Crippen molar-refractivity contribution in [3.63, 3.8) is 0 Å². The summed E-state index contributed by atoms with van der Waals surface area (Å²) in [7, 11) is 1.49. The van der Waals surface area contributed by atoms with Crippen molar-refractivity contribution < 1.29 is 13.9 Å². The van der Waals surface area contributed by atoms with Gasteiger partial charge < -0.3 is 15.2 Å². The van der Waals surface area contributed by atoms with Crippen LogP contribution in [0.4, 0.5) is 4.39 Å². The van der Waals surface area contributed by atoms with Gasteiger partial charge in [-0.15, -0.1) is 0 Å². The van der Waals surface area contributed by atoms with Gasteiger partial charge in [0.15, 0.2) is 5.67 Å². The second-order valence-electron chi connectivity index (χ2n) is 3.11. The van der Waals surface area contributed by atoms with E-state index in [2.05, 4.69) is 0 Å². The van der Waals surface area contributed by atoms with Crippen LogP contribution in [0, 0.1) is 0 Å². The van der Waals surface area contributed by atoms with E-state index in [1.807, 2.05) is 6.92 Å². The van der Waals surface area contributed by atoms with Crippen LogP contribution in [0.25, 0.3) is 0 Å². The van der Waals surface area contributed by atoms with E-state index in [0.717, 1.165) is 0 Å². The van der Waals surface area contributed by atoms with E-state index in [4.69, 9.17) is 15.2 Å². The molecule has 0 radical (unpaired) electrons. The molecule has 0 fully saturated rings. The van der Waals surface area contributed by atoms with Gasteiger partial charge in [0.1, 0.15) is 0 Å². The first-order valence-electron chi connectivity index (χ1n) is 4.64. The third kappa shape index (κ3) is 5.96. The van der Waals surface area contributed by atoms with Crippen LogP contribution in [0.15, 0.2) is 0 Å². The highest BCUT2D eigenvalue weighted by atomic mass is 19.1. The maximum absolute atomic E-state index is 13.9. The fourth-order valence-corrected chi connectivity index (χ4v) is 1.15. The molecule has 0 aromatic rings. The molecule has 80 valence electrons. The van der Waals surface area contributed by atoms with E-state index in [9.17, 15) is 4.39 Å². The number of hydrogen-bond donors (Lipinski definition) is 1. The van der Waals surface area contributed by atoms with Crippen LogP contribution in [-0.4, -0.2) is 39.1 Å². The third-order valence-electron chi connectivity index (χ3n) is 1.80. The van der Waals surface area contributed by atoms with Crippen molar-refractivity contribution in [3.05, 3.63) is 0 Å². The predicted molar refractivity (Wildman–Crippen MR) is 50.5 cm³/mol. The Bertz CT molecular complexity index is 114. The van der Waals surface area contributed by atoms with Crippen LogP contribution >= 0.6 is 0 Å². The number of halogens is 1. The predicted octanol–water partition coefficient (Wildman–Crippen LogP) is 1.12. The van der Waals surface area contributed by atoms with Crippen molar-refractivity contribution in [2.24, 2.45) is 5.73 Å². The van der Waals surface area contributed by atoms with Gasteiger partial charge in [0.05, 0.1) is 13.2 Å². The number of alkyl halides is 1. The molecule has 0 aliphatic heterocycles. The van der Waals surface area contributed by atoms with Crippen molar-refractivity contribution in [1.82, 2.24) is 0 Å². The molecule has 0 spiro atoms. The van der Waals surface area contributed by atoms with Crippen LogP contribution in [0.1, 0.15) is 19.8 Å². The highest BCUT2D eigenvalue weighted by Gasteiger charge is 2.29. The summed E-state index contributed by atoms with van der Waals surface area (Å²) in [4.78, 5) is 0. The van der Waals surface area contributed by atoms with E-state index in [1.54, 1.807) is 0 Å². The molecule has 0 aromatic carbocycles. The first-order chi connectivity index (χ1) is 6.18. The van der Waals surface area contributed by atoms with Gasteiger partial charge in [-0.3, -0.25) is 0 Å². The molecular formula is C9H20FNO2. The largest absolute Gasteiger partial charge is 0.381 e. The first-order valence-corrected chi connectivity index (χ1v) is 4.64. The molecule has 0 aromatic heterocycles. The average molecular weight is 193 g/mol. The molecule has 4 heteroatoms. The van der Waals surface area contributed by atoms with Crippen LogP contribution in [0.3, 0.4) is 0 Å². The van der Waals surface area contributed by atoms with Crippen LogP contribution < -0.4 is 5.73 Å². The number of rotatable bonds is 8. The normalized spacial score (nSPS) is 15.7. The highest BCUT2D eigenvalue weighted by Crippen LogP contribution is 2.19.